The lowest BCUT2D eigenvalue weighted by Gasteiger charge is -2.52. The van der Waals surface area contributed by atoms with Gasteiger partial charge in [0.25, 0.3) is 0 Å². The summed E-state index contributed by atoms with van der Waals surface area (Å²) in [5, 5.41) is 14.2. The molecule has 0 bridgehead atoms. The monoisotopic (exact) mass is 534 g/mol. The summed E-state index contributed by atoms with van der Waals surface area (Å²) in [4.78, 5) is 36.1. The Morgan fingerprint density at radius 2 is 1.77 bits per heavy atom. The molecule has 1 aromatic carbocycles. The Morgan fingerprint density at radius 3 is 2.44 bits per heavy atom. The van der Waals surface area contributed by atoms with Gasteiger partial charge in [-0.3, -0.25) is 14.5 Å². The van der Waals surface area contributed by atoms with Crippen LogP contribution in [0.4, 0.5) is 0 Å². The SMILES string of the molecule is CCCCN1C(=O)[C@@H](CC2(O)CCCCC2)NC(=O)C12CCN(Cc1ccc(Oc3ccccc3)nc1)CC2. The second-order valence-corrected chi connectivity index (χ2v) is 11.6. The van der Waals surface area contributed by atoms with Gasteiger partial charge in [-0.2, -0.15) is 0 Å². The van der Waals surface area contributed by atoms with Gasteiger partial charge in [0.1, 0.15) is 17.3 Å². The number of piperazine rings is 1. The Bertz CT molecular complexity index is 1110. The molecule has 3 aliphatic rings. The van der Waals surface area contributed by atoms with Gasteiger partial charge in [0, 0.05) is 44.9 Å². The van der Waals surface area contributed by atoms with Crippen LogP contribution in [0.3, 0.4) is 0 Å². The molecule has 1 saturated carbocycles. The van der Waals surface area contributed by atoms with E-state index >= 15 is 0 Å². The smallest absolute Gasteiger partial charge is 0.246 e. The molecule has 1 spiro atoms. The highest BCUT2D eigenvalue weighted by molar-refractivity contribution is 6.00. The Morgan fingerprint density at radius 1 is 1.03 bits per heavy atom. The minimum absolute atomic E-state index is 0.0197. The maximum atomic E-state index is 13.8. The average Bonchev–Trinajstić information content (AvgIpc) is 2.95. The molecule has 0 unspecified atom stereocenters. The molecule has 2 aromatic rings. The molecule has 0 radical (unpaired) electrons. The lowest BCUT2D eigenvalue weighted by atomic mass is 9.77. The molecule has 2 amide bonds. The van der Waals surface area contributed by atoms with Crippen LogP contribution in [0.15, 0.2) is 48.7 Å². The number of rotatable bonds is 9. The largest absolute Gasteiger partial charge is 0.439 e. The molecule has 2 N–H and O–H groups in total. The van der Waals surface area contributed by atoms with E-state index in [2.05, 4.69) is 22.1 Å². The third kappa shape index (κ3) is 6.28. The summed E-state index contributed by atoms with van der Waals surface area (Å²) < 4.78 is 5.80. The summed E-state index contributed by atoms with van der Waals surface area (Å²) in [6.45, 7) is 4.87. The zero-order chi connectivity index (χ0) is 27.3. The number of benzene rings is 1. The van der Waals surface area contributed by atoms with Gasteiger partial charge in [-0.1, -0.05) is 56.9 Å². The van der Waals surface area contributed by atoms with E-state index in [9.17, 15) is 14.7 Å². The first kappa shape index (κ1) is 27.6. The van der Waals surface area contributed by atoms with Crippen molar-refractivity contribution in [1.29, 1.82) is 0 Å². The van der Waals surface area contributed by atoms with E-state index in [0.29, 0.717) is 44.5 Å². The Hall–Kier alpha value is -2.97. The van der Waals surface area contributed by atoms with Gasteiger partial charge in [0.2, 0.25) is 17.7 Å². The van der Waals surface area contributed by atoms with Crippen molar-refractivity contribution in [2.75, 3.05) is 19.6 Å². The lowest BCUT2D eigenvalue weighted by molar-refractivity contribution is -0.163. The van der Waals surface area contributed by atoms with Gasteiger partial charge >= 0.3 is 0 Å². The number of carbonyl (C=O) groups excluding carboxylic acids is 2. The third-order valence-corrected chi connectivity index (χ3v) is 8.77. The molecular formula is C31H42N4O4. The number of piperidine rings is 1. The summed E-state index contributed by atoms with van der Waals surface area (Å²) in [7, 11) is 0. The van der Waals surface area contributed by atoms with Crippen LogP contribution in [0, 0.1) is 0 Å². The number of nitrogens with one attached hydrogen (secondary N) is 1. The number of hydrogen-bond donors (Lipinski definition) is 2. The van der Waals surface area contributed by atoms with Crippen LogP contribution in [0.1, 0.15) is 76.7 Å². The molecule has 39 heavy (non-hydrogen) atoms. The second kappa shape index (κ2) is 12.0. The number of amides is 2. The highest BCUT2D eigenvalue weighted by Crippen LogP contribution is 2.37. The molecule has 2 aliphatic heterocycles. The van der Waals surface area contributed by atoms with Crippen molar-refractivity contribution in [3.05, 3.63) is 54.2 Å². The fraction of sp³-hybridized carbons (Fsp3) is 0.581. The van der Waals surface area contributed by atoms with Crippen LogP contribution in [-0.2, 0) is 16.1 Å². The maximum Gasteiger partial charge on any atom is 0.246 e. The minimum atomic E-state index is -0.855. The maximum absolute atomic E-state index is 13.8. The Balaban J connectivity index is 1.21. The van der Waals surface area contributed by atoms with Crippen LogP contribution in [0.2, 0.25) is 0 Å². The number of nitrogens with zero attached hydrogens (tertiary/aromatic N) is 3. The first-order valence-corrected chi connectivity index (χ1v) is 14.7. The molecule has 3 heterocycles. The van der Waals surface area contributed by atoms with Gasteiger partial charge in [0.15, 0.2) is 0 Å². The summed E-state index contributed by atoms with van der Waals surface area (Å²) in [5.41, 5.74) is -0.578. The number of likely N-dealkylation sites (tertiary alicyclic amines) is 1. The summed E-state index contributed by atoms with van der Waals surface area (Å²) in [6.07, 6.45) is 9.67. The third-order valence-electron chi connectivity index (χ3n) is 8.77. The quantitative estimate of drug-likeness (QED) is 0.495. The topological polar surface area (TPSA) is 95.0 Å². The van der Waals surface area contributed by atoms with Gasteiger partial charge in [-0.15, -0.1) is 0 Å². The molecular weight excluding hydrogens is 492 g/mol. The average molecular weight is 535 g/mol. The van der Waals surface area contributed by atoms with E-state index in [1.165, 1.54) is 0 Å². The number of carbonyl (C=O) groups is 2. The molecule has 5 rings (SSSR count). The van der Waals surface area contributed by atoms with Crippen molar-refractivity contribution in [3.8, 4) is 11.6 Å². The summed E-state index contributed by atoms with van der Waals surface area (Å²) >= 11 is 0. The van der Waals surface area contributed by atoms with Crippen LogP contribution >= 0.6 is 0 Å². The minimum Gasteiger partial charge on any atom is -0.439 e. The van der Waals surface area contributed by atoms with Crippen LogP contribution in [0.5, 0.6) is 11.6 Å². The van der Waals surface area contributed by atoms with Crippen molar-refractivity contribution in [2.45, 2.75) is 94.9 Å². The fourth-order valence-corrected chi connectivity index (χ4v) is 6.46. The molecule has 1 aromatic heterocycles. The van der Waals surface area contributed by atoms with E-state index in [1.54, 1.807) is 0 Å². The van der Waals surface area contributed by atoms with E-state index < -0.39 is 17.2 Å². The molecule has 3 fully saturated rings. The number of para-hydroxylation sites is 1. The number of pyridine rings is 1. The second-order valence-electron chi connectivity index (χ2n) is 11.6. The van der Waals surface area contributed by atoms with E-state index in [-0.39, 0.29) is 11.8 Å². The van der Waals surface area contributed by atoms with Gasteiger partial charge in [-0.05, 0) is 49.8 Å². The van der Waals surface area contributed by atoms with Crippen molar-refractivity contribution in [3.63, 3.8) is 0 Å². The number of aliphatic hydroxyl groups is 1. The number of ether oxygens (including phenoxy) is 1. The Kier molecular flexibility index (Phi) is 8.52. The lowest BCUT2D eigenvalue weighted by Crippen LogP contribution is -2.73. The van der Waals surface area contributed by atoms with Crippen molar-refractivity contribution in [2.24, 2.45) is 0 Å². The number of hydrogen-bond acceptors (Lipinski definition) is 6. The van der Waals surface area contributed by atoms with E-state index in [0.717, 1.165) is 63.1 Å². The van der Waals surface area contributed by atoms with Crippen molar-refractivity contribution >= 4 is 11.8 Å². The first-order valence-electron chi connectivity index (χ1n) is 14.7. The van der Waals surface area contributed by atoms with Gasteiger partial charge in [-0.25, -0.2) is 4.98 Å². The predicted octanol–water partition coefficient (Wildman–Crippen LogP) is 4.42. The molecule has 8 nitrogen and oxygen atoms in total. The fourth-order valence-electron chi connectivity index (χ4n) is 6.46. The molecule has 1 atom stereocenters. The van der Waals surface area contributed by atoms with Crippen molar-refractivity contribution < 1.29 is 19.4 Å². The zero-order valence-electron chi connectivity index (χ0n) is 23.1. The first-order chi connectivity index (χ1) is 18.9. The predicted molar refractivity (Wildman–Crippen MR) is 149 cm³/mol. The highest BCUT2D eigenvalue weighted by Gasteiger charge is 2.54. The van der Waals surface area contributed by atoms with E-state index in [4.69, 9.17) is 4.74 Å². The summed E-state index contributed by atoms with van der Waals surface area (Å²) in [5.74, 6) is 1.24. The summed E-state index contributed by atoms with van der Waals surface area (Å²) in [6, 6.07) is 12.9. The van der Waals surface area contributed by atoms with Crippen molar-refractivity contribution in [1.82, 2.24) is 20.1 Å². The highest BCUT2D eigenvalue weighted by atomic mass is 16.5. The number of aromatic nitrogens is 1. The van der Waals surface area contributed by atoms with Crippen LogP contribution < -0.4 is 10.1 Å². The number of unbranched alkanes of at least 4 members (excludes halogenated alkanes) is 1. The molecule has 1 aliphatic carbocycles. The van der Waals surface area contributed by atoms with Gasteiger partial charge in [0.05, 0.1) is 5.60 Å². The van der Waals surface area contributed by atoms with E-state index in [1.807, 2.05) is 53.6 Å². The molecule has 8 heteroatoms. The Labute approximate surface area is 231 Å². The molecule has 210 valence electrons. The van der Waals surface area contributed by atoms with Crippen LogP contribution in [0.25, 0.3) is 0 Å². The zero-order valence-corrected chi connectivity index (χ0v) is 23.1. The standard InChI is InChI=1S/C31H42N4O4/c1-2-3-18-35-28(36)26(21-30(38)14-8-5-9-15-30)33-29(37)31(35)16-19-34(20-17-31)23-24-12-13-27(32-22-24)39-25-10-6-4-7-11-25/h4,6-7,10-13,22,26,38H,2-3,5,8-9,14-21,23H2,1H3,(H,33,37)/t26-/m1/s1. The van der Waals surface area contributed by atoms with Crippen LogP contribution in [-0.4, -0.2) is 68.5 Å². The molecule has 2 saturated heterocycles. The van der Waals surface area contributed by atoms with Gasteiger partial charge < -0.3 is 20.1 Å². The normalized spacial score (nSPS) is 23.0.